The molecule has 1 N–H and O–H groups in total. The van der Waals surface area contributed by atoms with Crippen molar-refractivity contribution in [1.82, 2.24) is 9.47 Å². The second-order valence-electron chi connectivity index (χ2n) is 7.16. The van der Waals surface area contributed by atoms with Crippen LogP contribution in [0.1, 0.15) is 5.56 Å². The average Bonchev–Trinajstić information content (AvgIpc) is 3.34. The second-order valence-corrected chi connectivity index (χ2v) is 7.94. The van der Waals surface area contributed by atoms with E-state index >= 15 is 0 Å². The number of hydrogen-bond donors (Lipinski definition) is 1. The van der Waals surface area contributed by atoms with Crippen molar-refractivity contribution in [2.24, 2.45) is 9.98 Å². The molecule has 0 radical (unpaired) electrons. The van der Waals surface area contributed by atoms with Crippen LogP contribution in [0, 0.1) is 0 Å². The number of likely N-dealkylation sites (N-methyl/N-ethyl adjacent to an activating group) is 1. The standard InChI is InChI=1S/C21H18N4O2S/c1-24(2)7-8-25-20(26)14-5-3-4-13-17(14)15(21(25)27)10-16-18(13)23-19(22-16)12-6-9-28-11-12/h3-6,9-11,27H,7-8H2,1-2H3. The van der Waals surface area contributed by atoms with Crippen molar-refractivity contribution < 1.29 is 5.11 Å². The highest BCUT2D eigenvalue weighted by atomic mass is 32.1. The summed E-state index contributed by atoms with van der Waals surface area (Å²) in [6.07, 6.45) is 0. The Balaban J connectivity index is 1.83. The van der Waals surface area contributed by atoms with Crippen molar-refractivity contribution in [2.75, 3.05) is 20.6 Å². The quantitative estimate of drug-likeness (QED) is 0.582. The summed E-state index contributed by atoms with van der Waals surface area (Å²) in [5.41, 5.74) is 1.50. The molecule has 4 aromatic rings. The number of hydrogen-bond acceptors (Lipinski definition) is 6. The second kappa shape index (κ2) is 6.25. The van der Waals surface area contributed by atoms with Gasteiger partial charge in [0.25, 0.3) is 5.56 Å². The Bertz CT molecular complexity index is 1370. The van der Waals surface area contributed by atoms with Crippen molar-refractivity contribution in [3.8, 4) is 5.88 Å². The maximum Gasteiger partial charge on any atom is 0.261 e. The van der Waals surface area contributed by atoms with Gasteiger partial charge in [-0.05, 0) is 37.7 Å². The summed E-state index contributed by atoms with van der Waals surface area (Å²) in [5, 5.41) is 18.5. The fourth-order valence-electron chi connectivity index (χ4n) is 3.67. The maximum atomic E-state index is 13.0. The van der Waals surface area contributed by atoms with E-state index in [0.717, 1.165) is 21.7 Å². The number of aliphatic imine (C=N–C) groups is 1. The van der Waals surface area contributed by atoms with Crippen LogP contribution in [0.2, 0.25) is 0 Å². The van der Waals surface area contributed by atoms with Crippen LogP contribution in [0.3, 0.4) is 0 Å². The number of benzene rings is 2. The van der Waals surface area contributed by atoms with Crippen molar-refractivity contribution in [3.05, 3.63) is 62.4 Å². The number of fused-ring (bicyclic) bond motifs is 2. The Morgan fingerprint density at radius 3 is 2.71 bits per heavy atom. The van der Waals surface area contributed by atoms with Crippen LogP contribution in [0.5, 0.6) is 5.88 Å². The van der Waals surface area contributed by atoms with Crippen LogP contribution < -0.4 is 10.9 Å². The van der Waals surface area contributed by atoms with Gasteiger partial charge in [-0.2, -0.15) is 11.3 Å². The fraction of sp³-hybridized carbons (Fsp3) is 0.190. The van der Waals surface area contributed by atoms with Gasteiger partial charge in [0, 0.05) is 45.6 Å². The van der Waals surface area contributed by atoms with Gasteiger partial charge < -0.3 is 10.0 Å². The van der Waals surface area contributed by atoms with Gasteiger partial charge in [-0.15, -0.1) is 0 Å². The Labute approximate surface area is 164 Å². The maximum absolute atomic E-state index is 13.0. The number of pyridine rings is 1. The molecule has 0 saturated carbocycles. The normalized spacial score (nSPS) is 13.3. The highest BCUT2D eigenvalue weighted by Gasteiger charge is 2.20. The minimum absolute atomic E-state index is 0.0162. The summed E-state index contributed by atoms with van der Waals surface area (Å²) < 4.78 is 1.44. The van der Waals surface area contributed by atoms with Gasteiger partial charge in [0.2, 0.25) is 5.88 Å². The molecule has 2 aromatic heterocycles. The predicted octanol–water partition coefficient (Wildman–Crippen LogP) is 2.91. The molecule has 3 heterocycles. The van der Waals surface area contributed by atoms with Crippen LogP contribution >= 0.6 is 11.3 Å². The molecule has 5 rings (SSSR count). The zero-order valence-electron chi connectivity index (χ0n) is 15.5. The Morgan fingerprint density at radius 1 is 1.14 bits per heavy atom. The zero-order valence-corrected chi connectivity index (χ0v) is 16.3. The van der Waals surface area contributed by atoms with E-state index in [4.69, 9.17) is 4.99 Å². The third kappa shape index (κ3) is 2.47. The van der Waals surface area contributed by atoms with Crippen LogP contribution in [0.4, 0.5) is 5.69 Å². The average molecular weight is 390 g/mol. The molecular formula is C21H18N4O2S. The molecule has 0 saturated heterocycles. The third-order valence-electron chi connectivity index (χ3n) is 5.08. The molecule has 28 heavy (non-hydrogen) atoms. The van der Waals surface area contributed by atoms with Gasteiger partial charge >= 0.3 is 0 Å². The van der Waals surface area contributed by atoms with Crippen molar-refractivity contribution in [2.45, 2.75) is 6.54 Å². The first-order valence-corrected chi connectivity index (χ1v) is 9.94. The van der Waals surface area contributed by atoms with E-state index in [1.54, 1.807) is 11.3 Å². The lowest BCUT2D eigenvalue weighted by atomic mass is 10.0. The third-order valence-corrected chi connectivity index (χ3v) is 5.76. The minimum Gasteiger partial charge on any atom is -0.494 e. The van der Waals surface area contributed by atoms with E-state index in [1.807, 2.05) is 60.1 Å². The first-order valence-electron chi connectivity index (χ1n) is 9.00. The zero-order chi connectivity index (χ0) is 19.4. The number of thiophene rings is 1. The molecule has 0 unspecified atom stereocenters. The first-order chi connectivity index (χ1) is 13.5. The Morgan fingerprint density at radius 2 is 1.96 bits per heavy atom. The molecule has 2 aromatic carbocycles. The summed E-state index contributed by atoms with van der Waals surface area (Å²) in [6.45, 7) is 1.07. The summed E-state index contributed by atoms with van der Waals surface area (Å²) in [7, 11) is 3.88. The summed E-state index contributed by atoms with van der Waals surface area (Å²) in [5.74, 6) is 0.646. The largest absolute Gasteiger partial charge is 0.494 e. The van der Waals surface area contributed by atoms with E-state index in [9.17, 15) is 9.90 Å². The van der Waals surface area contributed by atoms with Gasteiger partial charge in [0.05, 0.1) is 11.0 Å². The molecule has 0 atom stereocenters. The van der Waals surface area contributed by atoms with Gasteiger partial charge in [-0.25, -0.2) is 9.98 Å². The summed E-state index contributed by atoms with van der Waals surface area (Å²) in [6, 6.07) is 9.44. The smallest absolute Gasteiger partial charge is 0.261 e. The van der Waals surface area contributed by atoms with Crippen LogP contribution in [0.25, 0.3) is 21.5 Å². The molecule has 0 bridgehead atoms. The molecule has 0 spiro atoms. The van der Waals surface area contributed by atoms with Gasteiger partial charge in [-0.1, -0.05) is 12.1 Å². The van der Waals surface area contributed by atoms with Crippen molar-refractivity contribution >= 4 is 44.4 Å². The summed E-state index contributed by atoms with van der Waals surface area (Å²) in [4.78, 5) is 24.4. The topological polar surface area (TPSA) is 70.2 Å². The SMILES string of the molecule is CN(C)CCn1c(O)c2cc3c(c4cccc(c1=O)c24)=NC(c1ccsc1)=N3. The molecular weight excluding hydrogens is 372 g/mol. The van der Waals surface area contributed by atoms with Crippen molar-refractivity contribution in [3.63, 3.8) is 0 Å². The first kappa shape index (κ1) is 17.1. The highest BCUT2D eigenvalue weighted by Crippen LogP contribution is 2.33. The molecule has 0 fully saturated rings. The van der Waals surface area contributed by atoms with Crippen LogP contribution in [-0.4, -0.2) is 41.0 Å². The number of rotatable bonds is 4. The lowest BCUT2D eigenvalue weighted by Crippen LogP contribution is -2.27. The Hall–Kier alpha value is -3.03. The molecule has 7 heteroatoms. The van der Waals surface area contributed by atoms with E-state index in [0.29, 0.717) is 35.4 Å². The lowest BCUT2D eigenvalue weighted by molar-refractivity contribution is 0.353. The number of amidine groups is 1. The molecule has 0 amide bonds. The van der Waals surface area contributed by atoms with Gasteiger partial charge in [-0.3, -0.25) is 9.36 Å². The van der Waals surface area contributed by atoms with E-state index in [1.165, 1.54) is 4.57 Å². The van der Waals surface area contributed by atoms with E-state index < -0.39 is 0 Å². The molecule has 1 aliphatic rings. The molecule has 1 aliphatic heterocycles. The van der Waals surface area contributed by atoms with E-state index in [2.05, 4.69) is 4.99 Å². The van der Waals surface area contributed by atoms with E-state index in [-0.39, 0.29) is 11.4 Å². The van der Waals surface area contributed by atoms with Gasteiger partial charge in [0.15, 0.2) is 5.84 Å². The number of nitrogens with zero attached hydrogens (tertiary/aromatic N) is 4. The number of aromatic nitrogens is 1. The van der Waals surface area contributed by atoms with Gasteiger partial charge in [0.1, 0.15) is 0 Å². The fourth-order valence-corrected chi connectivity index (χ4v) is 4.31. The summed E-state index contributed by atoms with van der Waals surface area (Å²) >= 11 is 1.60. The Kier molecular flexibility index (Phi) is 3.82. The predicted molar refractivity (Wildman–Crippen MR) is 113 cm³/mol. The molecule has 0 aliphatic carbocycles. The monoisotopic (exact) mass is 390 g/mol. The van der Waals surface area contributed by atoms with Crippen molar-refractivity contribution in [1.29, 1.82) is 0 Å². The highest BCUT2D eigenvalue weighted by molar-refractivity contribution is 7.08. The molecule has 6 nitrogen and oxygen atoms in total. The lowest BCUT2D eigenvalue weighted by Gasteiger charge is -2.16. The minimum atomic E-state index is -0.186. The molecule has 140 valence electrons. The van der Waals surface area contributed by atoms with Crippen LogP contribution in [0.15, 0.2) is 55.9 Å². The number of aromatic hydroxyl groups is 1. The van der Waals surface area contributed by atoms with Crippen LogP contribution in [-0.2, 0) is 6.54 Å².